The topological polar surface area (TPSA) is 73.6 Å². The molecular weight excluding hydrogens is 455 g/mol. The van der Waals surface area contributed by atoms with E-state index in [1.165, 1.54) is 29.2 Å². The Balaban J connectivity index is 1.95. The molecule has 31 heavy (non-hydrogen) atoms. The van der Waals surface area contributed by atoms with E-state index in [1.54, 1.807) is 19.1 Å². The van der Waals surface area contributed by atoms with Gasteiger partial charge >= 0.3 is 12.1 Å². The number of halogens is 4. The number of rotatable bonds is 4. The fourth-order valence-electron chi connectivity index (χ4n) is 3.07. The minimum Gasteiger partial charge on any atom is -0.426 e. The Labute approximate surface area is 185 Å². The highest BCUT2D eigenvalue weighted by Crippen LogP contribution is 2.37. The lowest BCUT2D eigenvalue weighted by molar-refractivity contribution is -0.137. The fourth-order valence-corrected chi connectivity index (χ4v) is 3.59. The van der Waals surface area contributed by atoms with E-state index < -0.39 is 35.2 Å². The van der Waals surface area contributed by atoms with Crippen molar-refractivity contribution in [2.45, 2.75) is 19.1 Å². The van der Waals surface area contributed by atoms with Gasteiger partial charge in [-0.3, -0.25) is 14.5 Å². The van der Waals surface area contributed by atoms with Gasteiger partial charge in [-0.25, -0.2) is 0 Å². The Hall–Kier alpha value is -3.16. The van der Waals surface area contributed by atoms with Crippen molar-refractivity contribution >= 4 is 52.2 Å². The molecule has 1 aliphatic rings. The molecule has 2 aromatic rings. The van der Waals surface area contributed by atoms with E-state index in [-0.39, 0.29) is 22.4 Å². The average Bonchev–Trinajstić information content (AvgIpc) is 2.96. The Bertz CT molecular complexity index is 1100. The predicted octanol–water partition coefficient (Wildman–Crippen LogP) is 4.25. The van der Waals surface area contributed by atoms with Crippen LogP contribution in [0.3, 0.4) is 0 Å². The normalized spacial score (nSPS) is 16.5. The first-order valence-corrected chi connectivity index (χ1v) is 9.68. The molecule has 0 N–H and O–H groups in total. The summed E-state index contributed by atoms with van der Waals surface area (Å²) in [5.41, 5.74) is -1.33. The third-order valence-electron chi connectivity index (χ3n) is 4.51. The van der Waals surface area contributed by atoms with Crippen LogP contribution < -0.4 is 14.5 Å². The van der Waals surface area contributed by atoms with Crippen molar-refractivity contribution in [3.8, 4) is 11.8 Å². The molecule has 160 valence electrons. The van der Waals surface area contributed by atoms with Crippen LogP contribution in [0.25, 0.3) is 0 Å². The molecule has 1 heterocycles. The van der Waals surface area contributed by atoms with E-state index >= 15 is 0 Å². The molecule has 11 heteroatoms. The van der Waals surface area contributed by atoms with E-state index in [0.29, 0.717) is 5.69 Å². The van der Waals surface area contributed by atoms with E-state index in [9.17, 15) is 22.8 Å². The Kier molecular flexibility index (Phi) is 6.20. The van der Waals surface area contributed by atoms with Gasteiger partial charge < -0.3 is 9.64 Å². The van der Waals surface area contributed by atoms with Crippen molar-refractivity contribution in [1.82, 2.24) is 0 Å². The standard InChI is InChI=1S/C20H13ClF3N3O3S/c1-11-18(29)27(14-3-2-12(10-25)16(8-14)20(22,23)24)19(31)26(11)13-4-6-15(7-5-13)30-17(28)9-21/h2-8,11H,9H2,1H3. The lowest BCUT2D eigenvalue weighted by Gasteiger charge is -2.23. The number of anilines is 2. The van der Waals surface area contributed by atoms with Crippen molar-refractivity contribution in [3.05, 3.63) is 53.6 Å². The molecule has 1 fully saturated rings. The largest absolute Gasteiger partial charge is 0.426 e. The molecule has 1 unspecified atom stereocenters. The summed E-state index contributed by atoms with van der Waals surface area (Å²) in [6, 6.07) is 9.73. The van der Waals surface area contributed by atoms with E-state index in [4.69, 9.17) is 33.8 Å². The number of hydrogen-bond acceptors (Lipinski definition) is 5. The summed E-state index contributed by atoms with van der Waals surface area (Å²) in [6.45, 7) is 1.56. The summed E-state index contributed by atoms with van der Waals surface area (Å²) in [5.74, 6) is -1.25. The molecule has 6 nitrogen and oxygen atoms in total. The molecule has 3 rings (SSSR count). The second kappa shape index (κ2) is 8.53. The van der Waals surface area contributed by atoms with Crippen LogP contribution in [-0.4, -0.2) is 28.9 Å². The van der Waals surface area contributed by atoms with Crippen LogP contribution in [0.4, 0.5) is 24.5 Å². The first-order chi connectivity index (χ1) is 14.6. The minimum absolute atomic E-state index is 0.0270. The number of amides is 1. The van der Waals surface area contributed by atoms with Crippen molar-refractivity contribution in [2.24, 2.45) is 0 Å². The highest BCUT2D eigenvalue weighted by Gasteiger charge is 2.42. The van der Waals surface area contributed by atoms with Crippen molar-refractivity contribution < 1.29 is 27.5 Å². The summed E-state index contributed by atoms with van der Waals surface area (Å²) in [7, 11) is 0. The van der Waals surface area contributed by atoms with Crippen LogP contribution in [0.1, 0.15) is 18.1 Å². The molecule has 0 bridgehead atoms. The summed E-state index contributed by atoms with van der Waals surface area (Å²) in [6.07, 6.45) is -4.77. The van der Waals surface area contributed by atoms with Crippen molar-refractivity contribution in [2.75, 3.05) is 15.7 Å². The molecule has 0 spiro atoms. The molecule has 0 aromatic heterocycles. The van der Waals surface area contributed by atoms with Gasteiger partial charge in [0.1, 0.15) is 17.7 Å². The lowest BCUT2D eigenvalue weighted by Crippen LogP contribution is -2.33. The number of hydrogen-bond donors (Lipinski definition) is 0. The quantitative estimate of drug-likeness (QED) is 0.290. The number of ether oxygens (including phenoxy) is 1. The molecule has 1 atom stereocenters. The third-order valence-corrected chi connectivity index (χ3v) is 5.10. The van der Waals surface area contributed by atoms with Crippen LogP contribution in [0.2, 0.25) is 0 Å². The summed E-state index contributed by atoms with van der Waals surface area (Å²) in [4.78, 5) is 26.6. The zero-order valence-electron chi connectivity index (χ0n) is 15.8. The molecule has 2 aromatic carbocycles. The fraction of sp³-hybridized carbons (Fsp3) is 0.200. The summed E-state index contributed by atoms with van der Waals surface area (Å²) < 4.78 is 45.0. The number of carbonyl (C=O) groups excluding carboxylic acids is 2. The number of nitriles is 1. The van der Waals surface area contributed by atoms with Crippen LogP contribution in [-0.2, 0) is 15.8 Å². The van der Waals surface area contributed by atoms with Gasteiger partial charge in [0.05, 0.1) is 22.9 Å². The van der Waals surface area contributed by atoms with E-state index in [2.05, 4.69) is 0 Å². The monoisotopic (exact) mass is 467 g/mol. The van der Waals surface area contributed by atoms with Crippen molar-refractivity contribution in [1.29, 1.82) is 5.26 Å². The number of esters is 1. The third kappa shape index (κ3) is 4.33. The first-order valence-electron chi connectivity index (χ1n) is 8.73. The number of nitrogens with zero attached hydrogens (tertiary/aromatic N) is 3. The highest BCUT2D eigenvalue weighted by atomic mass is 35.5. The number of alkyl halides is 4. The molecule has 1 amide bonds. The molecule has 1 aliphatic heterocycles. The maximum atomic E-state index is 13.3. The predicted molar refractivity (Wildman–Crippen MR) is 111 cm³/mol. The smallest absolute Gasteiger partial charge is 0.417 e. The van der Waals surface area contributed by atoms with E-state index in [1.807, 2.05) is 0 Å². The maximum absolute atomic E-state index is 13.3. The Morgan fingerprint density at radius 3 is 2.39 bits per heavy atom. The Morgan fingerprint density at radius 2 is 1.84 bits per heavy atom. The van der Waals surface area contributed by atoms with Gasteiger partial charge in [-0.15, -0.1) is 11.6 Å². The molecule has 0 aliphatic carbocycles. The number of benzene rings is 2. The molecular formula is C20H13ClF3N3O3S. The molecule has 1 saturated heterocycles. The first kappa shape index (κ1) is 22.5. The average molecular weight is 468 g/mol. The highest BCUT2D eigenvalue weighted by molar-refractivity contribution is 7.81. The zero-order chi connectivity index (χ0) is 22.9. The van der Waals surface area contributed by atoms with Gasteiger partial charge in [-0.1, -0.05) is 0 Å². The van der Waals surface area contributed by atoms with Gasteiger partial charge in [0.2, 0.25) is 0 Å². The van der Waals surface area contributed by atoms with E-state index in [0.717, 1.165) is 17.0 Å². The second-order valence-corrected chi connectivity index (χ2v) is 7.08. The second-order valence-electron chi connectivity index (χ2n) is 6.44. The minimum atomic E-state index is -4.77. The van der Waals surface area contributed by atoms with Crippen LogP contribution in [0.15, 0.2) is 42.5 Å². The number of thiocarbonyl (C=S) groups is 1. The van der Waals surface area contributed by atoms with Crippen molar-refractivity contribution in [3.63, 3.8) is 0 Å². The zero-order valence-corrected chi connectivity index (χ0v) is 17.4. The molecule has 0 radical (unpaired) electrons. The van der Waals surface area contributed by atoms with Crippen LogP contribution in [0, 0.1) is 11.3 Å². The van der Waals surface area contributed by atoms with Gasteiger partial charge in [-0.2, -0.15) is 18.4 Å². The summed E-state index contributed by atoms with van der Waals surface area (Å²) >= 11 is 10.8. The van der Waals surface area contributed by atoms with Gasteiger partial charge in [0.15, 0.2) is 5.11 Å². The summed E-state index contributed by atoms with van der Waals surface area (Å²) in [5, 5.41) is 8.94. The van der Waals surface area contributed by atoms with Crippen LogP contribution in [0.5, 0.6) is 5.75 Å². The molecule has 0 saturated carbocycles. The van der Waals surface area contributed by atoms with Gasteiger partial charge in [-0.05, 0) is 61.6 Å². The SMILES string of the molecule is CC1C(=O)N(c2ccc(C#N)c(C(F)(F)F)c2)C(=S)N1c1ccc(OC(=O)CCl)cc1. The van der Waals surface area contributed by atoms with Gasteiger partial charge in [0, 0.05) is 5.69 Å². The lowest BCUT2D eigenvalue weighted by atomic mass is 10.1. The Morgan fingerprint density at radius 1 is 1.23 bits per heavy atom. The van der Waals surface area contributed by atoms with Crippen LogP contribution >= 0.6 is 23.8 Å². The number of carbonyl (C=O) groups is 2. The van der Waals surface area contributed by atoms with Gasteiger partial charge in [0.25, 0.3) is 5.91 Å². The maximum Gasteiger partial charge on any atom is 0.417 e.